The molecule has 0 aliphatic carbocycles. The number of methoxy groups -OCH3 is 1. The number of halogens is 2. The standard InChI is InChI=1S/C22H20F2N2O4S/c1-14(16-9-12-21(30-2)19(24)13-16)25-22(27)15-7-10-17(11-8-15)31(28,29)26-20-6-4-3-5-18(20)23/h3-14,26H,1-2H3,(H,25,27). The Hall–Kier alpha value is -3.46. The third-order valence-corrected chi connectivity index (χ3v) is 5.95. The number of benzene rings is 3. The molecule has 1 atom stereocenters. The number of hydrogen-bond donors (Lipinski definition) is 2. The van der Waals surface area contributed by atoms with E-state index < -0.39 is 33.6 Å². The van der Waals surface area contributed by atoms with Crippen LogP contribution in [0.25, 0.3) is 0 Å². The van der Waals surface area contributed by atoms with Crippen LogP contribution in [0.2, 0.25) is 0 Å². The van der Waals surface area contributed by atoms with Crippen LogP contribution in [0.4, 0.5) is 14.5 Å². The maximum Gasteiger partial charge on any atom is 0.261 e. The van der Waals surface area contributed by atoms with E-state index in [1.165, 1.54) is 61.7 Å². The summed E-state index contributed by atoms with van der Waals surface area (Å²) in [6.07, 6.45) is 0. The second kappa shape index (κ2) is 9.13. The van der Waals surface area contributed by atoms with Crippen molar-refractivity contribution in [2.75, 3.05) is 11.8 Å². The number of nitrogens with one attached hydrogen (secondary N) is 2. The first kappa shape index (κ1) is 22.2. The topological polar surface area (TPSA) is 84.5 Å². The number of sulfonamides is 1. The van der Waals surface area contributed by atoms with E-state index in [2.05, 4.69) is 10.0 Å². The van der Waals surface area contributed by atoms with Crippen LogP contribution in [0.1, 0.15) is 28.9 Å². The highest BCUT2D eigenvalue weighted by molar-refractivity contribution is 7.92. The number of rotatable bonds is 7. The third-order valence-electron chi connectivity index (χ3n) is 4.57. The lowest BCUT2D eigenvalue weighted by atomic mass is 10.1. The van der Waals surface area contributed by atoms with Crippen LogP contribution in [-0.2, 0) is 10.0 Å². The molecule has 0 radical (unpaired) electrons. The molecule has 3 aromatic carbocycles. The van der Waals surface area contributed by atoms with Crippen LogP contribution in [0.3, 0.4) is 0 Å². The fourth-order valence-electron chi connectivity index (χ4n) is 2.85. The van der Waals surface area contributed by atoms with Crippen molar-refractivity contribution in [3.05, 3.63) is 89.5 Å². The van der Waals surface area contributed by atoms with Gasteiger partial charge in [-0.05, 0) is 61.0 Å². The van der Waals surface area contributed by atoms with Gasteiger partial charge < -0.3 is 10.1 Å². The Kier molecular flexibility index (Phi) is 6.55. The number of amides is 1. The van der Waals surface area contributed by atoms with Crippen molar-refractivity contribution in [3.63, 3.8) is 0 Å². The molecule has 3 rings (SSSR count). The first-order chi connectivity index (χ1) is 14.7. The van der Waals surface area contributed by atoms with Crippen LogP contribution >= 0.6 is 0 Å². The molecule has 0 aliphatic heterocycles. The molecule has 0 fully saturated rings. The van der Waals surface area contributed by atoms with Gasteiger partial charge in [0.1, 0.15) is 5.82 Å². The Morgan fingerprint density at radius 3 is 2.26 bits per heavy atom. The van der Waals surface area contributed by atoms with Gasteiger partial charge in [0.25, 0.3) is 15.9 Å². The quantitative estimate of drug-likeness (QED) is 0.568. The zero-order chi connectivity index (χ0) is 22.6. The van der Waals surface area contributed by atoms with Gasteiger partial charge in [-0.25, -0.2) is 17.2 Å². The molecule has 0 spiro atoms. The van der Waals surface area contributed by atoms with Crippen LogP contribution in [0, 0.1) is 11.6 Å². The minimum absolute atomic E-state index is 0.100. The Balaban J connectivity index is 1.71. The Labute approximate surface area is 178 Å². The molecule has 0 aliphatic rings. The Bertz CT molecular complexity index is 1200. The van der Waals surface area contributed by atoms with Gasteiger partial charge in [-0.2, -0.15) is 0 Å². The van der Waals surface area contributed by atoms with Gasteiger partial charge in [0.2, 0.25) is 0 Å². The summed E-state index contributed by atoms with van der Waals surface area (Å²) in [5.41, 5.74) is 0.579. The van der Waals surface area contributed by atoms with Gasteiger partial charge in [-0.15, -0.1) is 0 Å². The van der Waals surface area contributed by atoms with Gasteiger partial charge in [0.15, 0.2) is 11.6 Å². The highest BCUT2D eigenvalue weighted by Gasteiger charge is 2.18. The third kappa shape index (κ3) is 5.18. The molecule has 9 heteroatoms. The zero-order valence-corrected chi connectivity index (χ0v) is 17.5. The highest BCUT2D eigenvalue weighted by atomic mass is 32.2. The average Bonchev–Trinajstić information content (AvgIpc) is 2.75. The lowest BCUT2D eigenvalue weighted by molar-refractivity contribution is 0.0939. The monoisotopic (exact) mass is 446 g/mol. The molecule has 31 heavy (non-hydrogen) atoms. The molecule has 2 N–H and O–H groups in total. The van der Waals surface area contributed by atoms with E-state index in [0.29, 0.717) is 5.56 Å². The number of carbonyl (C=O) groups excluding carboxylic acids is 1. The molecular formula is C22H20F2N2O4S. The number of anilines is 1. The number of hydrogen-bond acceptors (Lipinski definition) is 4. The molecule has 1 unspecified atom stereocenters. The van der Waals surface area contributed by atoms with E-state index in [9.17, 15) is 22.0 Å². The predicted molar refractivity (Wildman–Crippen MR) is 112 cm³/mol. The van der Waals surface area contributed by atoms with Crippen molar-refractivity contribution in [3.8, 4) is 5.75 Å². The second-order valence-electron chi connectivity index (χ2n) is 6.70. The van der Waals surface area contributed by atoms with Gasteiger partial charge in [0.05, 0.1) is 23.7 Å². The summed E-state index contributed by atoms with van der Waals surface area (Å²) < 4.78 is 59.6. The summed E-state index contributed by atoms with van der Waals surface area (Å²) in [4.78, 5) is 12.4. The highest BCUT2D eigenvalue weighted by Crippen LogP contribution is 2.23. The van der Waals surface area contributed by atoms with Gasteiger partial charge in [-0.1, -0.05) is 18.2 Å². The molecule has 0 saturated carbocycles. The largest absolute Gasteiger partial charge is 0.494 e. The normalized spacial score (nSPS) is 12.1. The Morgan fingerprint density at radius 2 is 1.65 bits per heavy atom. The van der Waals surface area contributed by atoms with Gasteiger partial charge in [-0.3, -0.25) is 9.52 Å². The summed E-state index contributed by atoms with van der Waals surface area (Å²) in [7, 11) is -2.67. The zero-order valence-electron chi connectivity index (χ0n) is 16.7. The summed E-state index contributed by atoms with van der Waals surface area (Å²) in [6, 6.07) is 14.4. The molecular weight excluding hydrogens is 426 g/mol. The lowest BCUT2D eigenvalue weighted by Crippen LogP contribution is -2.26. The van der Waals surface area contributed by atoms with Crippen molar-refractivity contribution in [1.29, 1.82) is 0 Å². The van der Waals surface area contributed by atoms with E-state index in [4.69, 9.17) is 4.74 Å². The maximum absolute atomic E-state index is 13.9. The molecule has 3 aromatic rings. The number of carbonyl (C=O) groups is 1. The van der Waals surface area contributed by atoms with Crippen LogP contribution in [0.15, 0.2) is 71.6 Å². The minimum Gasteiger partial charge on any atom is -0.494 e. The Morgan fingerprint density at radius 1 is 0.968 bits per heavy atom. The van der Waals surface area contributed by atoms with E-state index in [0.717, 1.165) is 6.07 Å². The van der Waals surface area contributed by atoms with Gasteiger partial charge in [0, 0.05) is 5.56 Å². The fraction of sp³-hybridized carbons (Fsp3) is 0.136. The number of ether oxygens (including phenoxy) is 1. The molecule has 0 heterocycles. The molecule has 6 nitrogen and oxygen atoms in total. The van der Waals surface area contributed by atoms with Crippen molar-refractivity contribution < 1.29 is 26.7 Å². The molecule has 0 saturated heterocycles. The van der Waals surface area contributed by atoms with Crippen molar-refractivity contribution in [2.24, 2.45) is 0 Å². The van der Waals surface area contributed by atoms with E-state index >= 15 is 0 Å². The second-order valence-corrected chi connectivity index (χ2v) is 8.38. The average molecular weight is 446 g/mol. The maximum atomic E-state index is 13.9. The molecule has 1 amide bonds. The molecule has 0 bridgehead atoms. The summed E-state index contributed by atoms with van der Waals surface area (Å²) in [5.74, 6) is -1.61. The predicted octanol–water partition coefficient (Wildman–Crippen LogP) is 4.27. The summed E-state index contributed by atoms with van der Waals surface area (Å²) >= 11 is 0. The number of para-hydroxylation sites is 1. The summed E-state index contributed by atoms with van der Waals surface area (Å²) in [6.45, 7) is 1.69. The summed E-state index contributed by atoms with van der Waals surface area (Å²) in [5, 5.41) is 2.72. The first-order valence-electron chi connectivity index (χ1n) is 9.23. The van der Waals surface area contributed by atoms with Crippen LogP contribution in [0.5, 0.6) is 5.75 Å². The smallest absolute Gasteiger partial charge is 0.261 e. The van der Waals surface area contributed by atoms with E-state index in [1.54, 1.807) is 13.0 Å². The lowest BCUT2D eigenvalue weighted by Gasteiger charge is -2.15. The van der Waals surface area contributed by atoms with Gasteiger partial charge >= 0.3 is 0 Å². The minimum atomic E-state index is -4.03. The first-order valence-corrected chi connectivity index (χ1v) is 10.7. The van der Waals surface area contributed by atoms with Crippen molar-refractivity contribution >= 4 is 21.6 Å². The SMILES string of the molecule is COc1ccc(C(C)NC(=O)c2ccc(S(=O)(=O)Nc3ccccc3F)cc2)cc1F. The van der Waals surface area contributed by atoms with Crippen molar-refractivity contribution in [2.45, 2.75) is 17.9 Å². The molecule has 162 valence electrons. The van der Waals surface area contributed by atoms with E-state index in [1.807, 2.05) is 0 Å². The van der Waals surface area contributed by atoms with Crippen LogP contribution in [-0.4, -0.2) is 21.4 Å². The van der Waals surface area contributed by atoms with Crippen molar-refractivity contribution in [1.82, 2.24) is 5.32 Å². The van der Waals surface area contributed by atoms with E-state index in [-0.39, 0.29) is 21.9 Å². The molecule has 0 aromatic heterocycles. The fourth-order valence-corrected chi connectivity index (χ4v) is 3.92. The van der Waals surface area contributed by atoms with Crippen LogP contribution < -0.4 is 14.8 Å².